The van der Waals surface area contributed by atoms with E-state index in [0.717, 1.165) is 46.7 Å². The fourth-order valence-electron chi connectivity index (χ4n) is 4.64. The molecule has 1 aliphatic heterocycles. The number of fused-ring (bicyclic) bond motifs is 1. The summed E-state index contributed by atoms with van der Waals surface area (Å²) in [5, 5.41) is 10.6. The molecule has 6 nitrogen and oxygen atoms in total. The van der Waals surface area contributed by atoms with Crippen LogP contribution in [0.3, 0.4) is 0 Å². The highest BCUT2D eigenvalue weighted by Crippen LogP contribution is 2.32. The van der Waals surface area contributed by atoms with Gasteiger partial charge in [0, 0.05) is 29.4 Å². The molecule has 0 spiro atoms. The third-order valence-electron chi connectivity index (χ3n) is 6.43. The molecule has 0 amide bonds. The largest absolute Gasteiger partial charge is 0.423 e. The van der Waals surface area contributed by atoms with Crippen molar-refractivity contribution in [2.24, 2.45) is 0 Å². The van der Waals surface area contributed by atoms with Crippen molar-refractivity contribution in [2.45, 2.75) is 63.1 Å². The molecule has 8 heteroatoms. The van der Waals surface area contributed by atoms with Crippen molar-refractivity contribution >= 4 is 22.7 Å². The number of aryl methyl sites for hydroxylation is 1. The Labute approximate surface area is 207 Å². The third-order valence-corrected chi connectivity index (χ3v) is 7.44. The minimum absolute atomic E-state index is 0.0886. The van der Waals surface area contributed by atoms with Gasteiger partial charge in [-0.05, 0) is 78.8 Å². The van der Waals surface area contributed by atoms with Gasteiger partial charge in [-0.3, -0.25) is 4.57 Å². The van der Waals surface area contributed by atoms with Crippen molar-refractivity contribution in [3.05, 3.63) is 75.4 Å². The lowest BCUT2D eigenvalue weighted by Gasteiger charge is -2.15. The van der Waals surface area contributed by atoms with Gasteiger partial charge in [-0.15, -0.1) is 10.2 Å². The summed E-state index contributed by atoms with van der Waals surface area (Å²) in [7, 11) is 0. The van der Waals surface area contributed by atoms with Crippen LogP contribution in [0.5, 0.6) is 0 Å². The fourth-order valence-corrected chi connectivity index (χ4v) is 5.58. The van der Waals surface area contributed by atoms with Crippen molar-refractivity contribution in [1.82, 2.24) is 14.8 Å². The Morgan fingerprint density at radius 2 is 1.97 bits per heavy atom. The fraction of sp³-hybridized carbons (Fsp3) is 0.370. The zero-order chi connectivity index (χ0) is 24.5. The number of benzene rings is 2. The third kappa shape index (κ3) is 5.04. The second kappa shape index (κ2) is 9.95. The van der Waals surface area contributed by atoms with E-state index in [1.54, 1.807) is 18.2 Å². The lowest BCUT2D eigenvalue weighted by molar-refractivity contribution is 0.0953. The van der Waals surface area contributed by atoms with E-state index < -0.39 is 0 Å². The first-order valence-electron chi connectivity index (χ1n) is 11.9. The van der Waals surface area contributed by atoms with Crippen LogP contribution in [-0.4, -0.2) is 27.5 Å². The van der Waals surface area contributed by atoms with Crippen LogP contribution >= 0.6 is 11.8 Å². The zero-order valence-corrected chi connectivity index (χ0v) is 20.9. The highest BCUT2D eigenvalue weighted by Gasteiger charge is 2.22. The Morgan fingerprint density at radius 1 is 1.17 bits per heavy atom. The number of hydrogen-bond acceptors (Lipinski definition) is 6. The first-order chi connectivity index (χ1) is 16.9. The molecule has 182 valence electrons. The molecule has 1 unspecified atom stereocenters. The van der Waals surface area contributed by atoms with Crippen LogP contribution in [0.1, 0.15) is 49.3 Å². The standard InChI is InChI=1S/C27H28FN3O3S/c1-16(2)22-13-23-19(12-25(32)34-24(23)11-17(22)3)15-35-27-30-29-26(18-6-8-20(28)9-7-18)31(27)14-21-5-4-10-33-21/h6-9,11-13,16,21H,4-5,10,14-15H2,1-3H3. The van der Waals surface area contributed by atoms with Crippen LogP contribution in [0.15, 0.2) is 56.8 Å². The topological polar surface area (TPSA) is 70.2 Å². The van der Waals surface area contributed by atoms with Gasteiger partial charge in [0.15, 0.2) is 11.0 Å². The molecule has 0 N–H and O–H groups in total. The highest BCUT2D eigenvalue weighted by atomic mass is 32.2. The molecular weight excluding hydrogens is 465 g/mol. The van der Waals surface area contributed by atoms with Gasteiger partial charge in [-0.25, -0.2) is 9.18 Å². The molecule has 2 aromatic carbocycles. The molecule has 3 heterocycles. The lowest BCUT2D eigenvalue weighted by atomic mass is 9.95. The first kappa shape index (κ1) is 23.8. The molecule has 5 rings (SSSR count). The zero-order valence-electron chi connectivity index (χ0n) is 20.1. The molecule has 1 fully saturated rings. The van der Waals surface area contributed by atoms with Gasteiger partial charge in [0.2, 0.25) is 0 Å². The van der Waals surface area contributed by atoms with Crippen molar-refractivity contribution < 1.29 is 13.5 Å². The Morgan fingerprint density at radius 3 is 2.69 bits per heavy atom. The summed E-state index contributed by atoms with van der Waals surface area (Å²) in [4.78, 5) is 12.3. The number of ether oxygens (including phenoxy) is 1. The Bertz CT molecular complexity index is 1410. The molecule has 0 saturated carbocycles. The SMILES string of the molecule is Cc1cc2oc(=O)cc(CSc3nnc(-c4ccc(F)cc4)n3CC3CCCO3)c2cc1C(C)C. The van der Waals surface area contributed by atoms with Gasteiger partial charge in [-0.2, -0.15) is 0 Å². The van der Waals surface area contributed by atoms with Gasteiger partial charge < -0.3 is 9.15 Å². The van der Waals surface area contributed by atoms with Crippen LogP contribution in [0.25, 0.3) is 22.4 Å². The number of nitrogens with zero attached hydrogens (tertiary/aromatic N) is 3. The van der Waals surface area contributed by atoms with Crippen molar-refractivity contribution in [1.29, 1.82) is 0 Å². The summed E-state index contributed by atoms with van der Waals surface area (Å²) in [5.41, 5.74) is 4.28. The van der Waals surface area contributed by atoms with Gasteiger partial charge in [0.05, 0.1) is 12.6 Å². The molecule has 2 aromatic heterocycles. The second-order valence-electron chi connectivity index (χ2n) is 9.30. The summed E-state index contributed by atoms with van der Waals surface area (Å²) in [6.45, 7) is 7.74. The van der Waals surface area contributed by atoms with E-state index in [9.17, 15) is 9.18 Å². The molecular formula is C27H28FN3O3S. The van der Waals surface area contributed by atoms with Gasteiger partial charge in [0.1, 0.15) is 11.4 Å². The van der Waals surface area contributed by atoms with Crippen molar-refractivity contribution in [3.63, 3.8) is 0 Å². The maximum Gasteiger partial charge on any atom is 0.336 e. The lowest BCUT2D eigenvalue weighted by Crippen LogP contribution is -2.16. The van der Waals surface area contributed by atoms with Crippen LogP contribution < -0.4 is 5.63 Å². The highest BCUT2D eigenvalue weighted by molar-refractivity contribution is 7.98. The molecule has 1 aliphatic rings. The molecule has 35 heavy (non-hydrogen) atoms. The molecule has 4 aromatic rings. The smallest absolute Gasteiger partial charge is 0.336 e. The van der Waals surface area contributed by atoms with E-state index in [2.05, 4.69) is 30.1 Å². The monoisotopic (exact) mass is 493 g/mol. The molecule has 1 atom stereocenters. The number of aromatic nitrogens is 3. The second-order valence-corrected chi connectivity index (χ2v) is 10.2. The average molecular weight is 494 g/mol. The summed E-state index contributed by atoms with van der Waals surface area (Å²) >= 11 is 1.52. The normalized spacial score (nSPS) is 16.0. The van der Waals surface area contributed by atoms with Crippen LogP contribution in [0, 0.1) is 12.7 Å². The Kier molecular flexibility index (Phi) is 6.75. The average Bonchev–Trinajstić information content (AvgIpc) is 3.48. The van der Waals surface area contributed by atoms with Gasteiger partial charge >= 0.3 is 5.63 Å². The van der Waals surface area contributed by atoms with Crippen molar-refractivity contribution in [3.8, 4) is 11.4 Å². The number of rotatable bonds is 7. The predicted octanol–water partition coefficient (Wildman–Crippen LogP) is 6.09. The maximum atomic E-state index is 13.5. The van der Waals surface area contributed by atoms with Crippen LogP contribution in [0.4, 0.5) is 4.39 Å². The summed E-state index contributed by atoms with van der Waals surface area (Å²) in [5.74, 6) is 1.28. The molecule has 0 aliphatic carbocycles. The van der Waals surface area contributed by atoms with Gasteiger partial charge in [-0.1, -0.05) is 25.6 Å². The minimum atomic E-state index is -0.363. The quantitative estimate of drug-likeness (QED) is 0.229. The summed E-state index contributed by atoms with van der Waals surface area (Å²) in [6.07, 6.45) is 2.10. The molecule has 1 saturated heterocycles. The van der Waals surface area contributed by atoms with E-state index >= 15 is 0 Å². The van der Waals surface area contributed by atoms with E-state index in [4.69, 9.17) is 9.15 Å². The number of hydrogen-bond donors (Lipinski definition) is 0. The van der Waals surface area contributed by atoms with Crippen LogP contribution in [-0.2, 0) is 17.0 Å². The van der Waals surface area contributed by atoms with E-state index in [1.807, 2.05) is 17.6 Å². The Hall–Kier alpha value is -2.97. The molecule has 0 radical (unpaired) electrons. The molecule has 0 bridgehead atoms. The van der Waals surface area contributed by atoms with Gasteiger partial charge in [0.25, 0.3) is 0 Å². The Balaban J connectivity index is 1.50. The minimum Gasteiger partial charge on any atom is -0.423 e. The first-order valence-corrected chi connectivity index (χ1v) is 12.9. The summed E-state index contributed by atoms with van der Waals surface area (Å²) in [6, 6.07) is 11.9. The predicted molar refractivity (Wildman–Crippen MR) is 135 cm³/mol. The maximum absolute atomic E-state index is 13.5. The number of thioether (sulfide) groups is 1. The van der Waals surface area contributed by atoms with E-state index in [1.165, 1.54) is 29.5 Å². The van der Waals surface area contributed by atoms with Crippen LogP contribution in [0.2, 0.25) is 0 Å². The van der Waals surface area contributed by atoms with E-state index in [0.29, 0.717) is 29.6 Å². The summed E-state index contributed by atoms with van der Waals surface area (Å²) < 4.78 is 26.9. The van der Waals surface area contributed by atoms with E-state index in [-0.39, 0.29) is 17.5 Å². The number of halogens is 1. The van der Waals surface area contributed by atoms with Crippen molar-refractivity contribution in [2.75, 3.05) is 6.61 Å².